The van der Waals surface area contributed by atoms with E-state index in [0.29, 0.717) is 0 Å². The fraction of sp³-hybridized carbons (Fsp3) is 0.273. The lowest BCUT2D eigenvalue weighted by Crippen LogP contribution is -2.17. The topological polar surface area (TPSA) is 82.7 Å². The number of hydrogen-bond acceptors (Lipinski definition) is 8. The van der Waals surface area contributed by atoms with E-state index in [9.17, 15) is 0 Å². The quantitative estimate of drug-likeness (QED) is 0.465. The molecule has 4 heterocycles. The average Bonchev–Trinajstić information content (AvgIpc) is 3.49. The lowest BCUT2D eigenvalue weighted by molar-refractivity contribution is 0.316. The van der Waals surface area contributed by atoms with E-state index in [1.54, 1.807) is 0 Å². The molecule has 1 aliphatic heterocycles. The number of nitrogens with zero attached hydrogens (tertiary/aromatic N) is 6. The van der Waals surface area contributed by atoms with Crippen molar-refractivity contribution < 1.29 is 0 Å². The molecule has 9 heteroatoms. The van der Waals surface area contributed by atoms with Crippen LogP contribution in [0.2, 0.25) is 0 Å². The van der Waals surface area contributed by atoms with Crippen LogP contribution in [-0.4, -0.2) is 43.4 Å². The fourth-order valence-electron chi connectivity index (χ4n) is 3.80. The van der Waals surface area contributed by atoms with Gasteiger partial charge in [0, 0.05) is 32.0 Å². The van der Waals surface area contributed by atoms with Crippen molar-refractivity contribution >= 4 is 34.2 Å². The number of nitrogens with one attached hydrogen (secondary N) is 2. The van der Waals surface area contributed by atoms with E-state index in [1.165, 1.54) is 17.1 Å². The van der Waals surface area contributed by atoms with Crippen molar-refractivity contribution in [1.82, 2.24) is 29.1 Å². The molecule has 1 unspecified atom stereocenters. The Bertz CT molecular complexity index is 1210. The van der Waals surface area contributed by atoms with Gasteiger partial charge in [0.2, 0.25) is 0 Å². The molecular weight excluding hydrogens is 408 g/mol. The van der Waals surface area contributed by atoms with Crippen LogP contribution in [0.15, 0.2) is 53.9 Å². The van der Waals surface area contributed by atoms with Crippen molar-refractivity contribution in [2.45, 2.75) is 25.9 Å². The number of hydrogen-bond donors (Lipinski definition) is 2. The maximum absolute atomic E-state index is 4.69. The highest BCUT2D eigenvalue weighted by Gasteiger charge is 2.20. The minimum Gasteiger partial charge on any atom is -0.328 e. The van der Waals surface area contributed by atoms with Gasteiger partial charge in [-0.15, -0.1) is 0 Å². The molecule has 0 fully saturated rings. The summed E-state index contributed by atoms with van der Waals surface area (Å²) in [7, 11) is 2.11. The van der Waals surface area contributed by atoms with Gasteiger partial charge in [-0.2, -0.15) is 9.47 Å². The molecule has 2 N–H and O–H groups in total. The van der Waals surface area contributed by atoms with Gasteiger partial charge in [-0.3, -0.25) is 9.30 Å². The fourth-order valence-corrected chi connectivity index (χ4v) is 4.46. The molecule has 0 aliphatic carbocycles. The molecule has 31 heavy (non-hydrogen) atoms. The normalized spacial score (nSPS) is 15.6. The minimum absolute atomic E-state index is 0.208. The molecule has 4 aromatic rings. The number of aromatic nitrogens is 4. The average molecular weight is 433 g/mol. The third kappa shape index (κ3) is 4.28. The smallest absolute Gasteiger partial charge is 0.180 e. The summed E-state index contributed by atoms with van der Waals surface area (Å²) in [4.78, 5) is 11.6. The molecule has 158 valence electrons. The van der Waals surface area contributed by atoms with Crippen LogP contribution in [0.5, 0.6) is 0 Å². The Morgan fingerprint density at radius 1 is 1.26 bits per heavy atom. The van der Waals surface area contributed by atoms with Crippen molar-refractivity contribution in [2.24, 2.45) is 5.10 Å². The zero-order valence-corrected chi connectivity index (χ0v) is 18.3. The van der Waals surface area contributed by atoms with Crippen LogP contribution in [0.25, 0.3) is 5.65 Å². The molecule has 0 amide bonds. The Kier molecular flexibility index (Phi) is 5.35. The first-order valence-electron chi connectivity index (χ1n) is 10.2. The zero-order valence-electron chi connectivity index (χ0n) is 17.5. The molecule has 0 spiro atoms. The number of benzene rings is 1. The van der Waals surface area contributed by atoms with Crippen LogP contribution in [0.4, 0.5) is 10.8 Å². The Morgan fingerprint density at radius 3 is 2.94 bits per heavy atom. The molecule has 8 nitrogen and oxygen atoms in total. The number of hydrazone groups is 1. The third-order valence-corrected chi connectivity index (χ3v) is 5.95. The highest BCUT2D eigenvalue weighted by molar-refractivity contribution is 7.10. The van der Waals surface area contributed by atoms with Crippen LogP contribution >= 0.6 is 11.5 Å². The molecule has 1 atom stereocenters. The van der Waals surface area contributed by atoms with Gasteiger partial charge in [-0.05, 0) is 37.1 Å². The van der Waals surface area contributed by atoms with E-state index in [0.717, 1.165) is 53.2 Å². The summed E-state index contributed by atoms with van der Waals surface area (Å²) in [6.07, 6.45) is 5.85. The lowest BCUT2D eigenvalue weighted by atomic mass is 10.1. The van der Waals surface area contributed by atoms with Crippen LogP contribution < -0.4 is 10.7 Å². The highest BCUT2D eigenvalue weighted by atomic mass is 32.1. The molecule has 0 radical (unpaired) electrons. The van der Waals surface area contributed by atoms with E-state index < -0.39 is 0 Å². The number of imidazole rings is 1. The zero-order chi connectivity index (χ0) is 21.2. The van der Waals surface area contributed by atoms with Crippen molar-refractivity contribution in [3.8, 4) is 0 Å². The summed E-state index contributed by atoms with van der Waals surface area (Å²) in [6.45, 7) is 4.45. The largest absolute Gasteiger partial charge is 0.328 e. The van der Waals surface area contributed by atoms with Gasteiger partial charge in [0.1, 0.15) is 5.00 Å². The monoisotopic (exact) mass is 432 g/mol. The molecular formula is C22H24N8S. The Hall–Kier alpha value is -3.30. The van der Waals surface area contributed by atoms with Crippen LogP contribution in [0, 0.1) is 6.92 Å². The molecule has 3 aromatic heterocycles. The summed E-state index contributed by atoms with van der Waals surface area (Å²) in [5.74, 6) is 0.946. The molecule has 5 rings (SSSR count). The van der Waals surface area contributed by atoms with Crippen molar-refractivity contribution in [1.29, 1.82) is 0 Å². The van der Waals surface area contributed by atoms with Crippen molar-refractivity contribution in [3.63, 3.8) is 0 Å². The SMILES string of the molecule is Cc1cn2c(C3C=NNC3)cnc2c(Nc2cc(CN(C)Cc3ccccc3)ns2)n1. The summed E-state index contributed by atoms with van der Waals surface area (Å²) in [5.41, 5.74) is 8.17. The lowest BCUT2D eigenvalue weighted by Gasteiger charge is -2.15. The van der Waals surface area contributed by atoms with E-state index in [1.807, 2.05) is 31.6 Å². The maximum atomic E-state index is 4.69. The molecule has 0 saturated heterocycles. The van der Waals surface area contributed by atoms with Gasteiger partial charge in [0.05, 0.1) is 29.2 Å². The first kappa shape index (κ1) is 19.7. The minimum atomic E-state index is 0.208. The van der Waals surface area contributed by atoms with Gasteiger partial charge >= 0.3 is 0 Å². The van der Waals surface area contributed by atoms with E-state index in [4.69, 9.17) is 0 Å². The van der Waals surface area contributed by atoms with Crippen LogP contribution in [0.1, 0.15) is 28.6 Å². The van der Waals surface area contributed by atoms with E-state index in [-0.39, 0.29) is 5.92 Å². The summed E-state index contributed by atoms with van der Waals surface area (Å²) in [5, 5.41) is 8.52. The standard InChI is InChI=1S/C22H24N8S/c1-15-12-30-19(17-9-24-25-10-17)11-23-22(30)21(26-15)27-20-8-18(28-31-20)14-29(2)13-16-6-4-3-5-7-16/h3-9,11-12,17,25H,10,13-14H2,1-2H3,(H,26,27). The second-order valence-corrected chi connectivity index (χ2v) is 8.62. The number of aryl methyl sites for hydroxylation is 1. The third-order valence-electron chi connectivity index (χ3n) is 5.21. The Labute approximate surface area is 184 Å². The second-order valence-electron chi connectivity index (χ2n) is 7.82. The highest BCUT2D eigenvalue weighted by Crippen LogP contribution is 2.27. The first-order valence-corrected chi connectivity index (χ1v) is 11.0. The van der Waals surface area contributed by atoms with Crippen LogP contribution in [-0.2, 0) is 13.1 Å². The van der Waals surface area contributed by atoms with E-state index >= 15 is 0 Å². The predicted octanol–water partition coefficient (Wildman–Crippen LogP) is 3.54. The molecule has 0 saturated carbocycles. The summed E-state index contributed by atoms with van der Waals surface area (Å²) in [6, 6.07) is 12.6. The Balaban J connectivity index is 1.32. The van der Waals surface area contributed by atoms with Gasteiger partial charge in [0.15, 0.2) is 11.5 Å². The van der Waals surface area contributed by atoms with Gasteiger partial charge < -0.3 is 10.7 Å². The van der Waals surface area contributed by atoms with Crippen LogP contribution in [0.3, 0.4) is 0 Å². The predicted molar refractivity (Wildman–Crippen MR) is 124 cm³/mol. The number of anilines is 2. The van der Waals surface area contributed by atoms with Gasteiger partial charge in [-0.25, -0.2) is 9.97 Å². The number of fused-ring (bicyclic) bond motifs is 1. The summed E-state index contributed by atoms with van der Waals surface area (Å²) >= 11 is 1.44. The van der Waals surface area contributed by atoms with Gasteiger partial charge in [-0.1, -0.05) is 30.3 Å². The Morgan fingerprint density at radius 2 is 2.13 bits per heavy atom. The second kappa shape index (κ2) is 8.44. The van der Waals surface area contributed by atoms with Crippen molar-refractivity contribution in [3.05, 3.63) is 71.4 Å². The molecule has 1 aliphatic rings. The summed E-state index contributed by atoms with van der Waals surface area (Å²) < 4.78 is 6.72. The van der Waals surface area contributed by atoms with Crippen molar-refractivity contribution in [2.75, 3.05) is 18.9 Å². The van der Waals surface area contributed by atoms with E-state index in [2.05, 4.69) is 76.9 Å². The maximum Gasteiger partial charge on any atom is 0.180 e. The molecule has 1 aromatic carbocycles. The number of rotatable bonds is 7. The van der Waals surface area contributed by atoms with Gasteiger partial charge in [0.25, 0.3) is 0 Å². The molecule has 0 bridgehead atoms. The first-order chi connectivity index (χ1) is 15.2.